The molecular formula is C28H39N3O6S2. The van der Waals surface area contributed by atoms with Crippen molar-refractivity contribution in [2.45, 2.75) is 68.7 Å². The number of anilines is 1. The van der Waals surface area contributed by atoms with Crippen LogP contribution in [-0.2, 0) is 26.0 Å². The number of carbonyl (C=O) groups is 2. The maximum Gasteiger partial charge on any atom is 0.252 e. The van der Waals surface area contributed by atoms with Gasteiger partial charge in [-0.3, -0.25) is 9.59 Å². The van der Waals surface area contributed by atoms with Crippen molar-refractivity contribution in [3.05, 3.63) is 41.3 Å². The molecule has 1 aliphatic carbocycles. The van der Waals surface area contributed by atoms with Crippen molar-refractivity contribution in [3.8, 4) is 5.75 Å². The van der Waals surface area contributed by atoms with E-state index in [1.807, 2.05) is 6.92 Å². The number of sulfonamides is 1. The van der Waals surface area contributed by atoms with Crippen molar-refractivity contribution in [3.63, 3.8) is 0 Å². The Hall–Kier alpha value is -2.47. The molecule has 2 aliphatic rings. The van der Waals surface area contributed by atoms with Crippen LogP contribution in [0.25, 0.3) is 0 Å². The molecule has 1 fully saturated rings. The van der Waals surface area contributed by atoms with E-state index in [1.165, 1.54) is 11.4 Å². The molecule has 0 unspecified atom stereocenters. The normalized spacial score (nSPS) is 21.9. The molecule has 1 aliphatic heterocycles. The van der Waals surface area contributed by atoms with Crippen LogP contribution in [0.3, 0.4) is 0 Å². The molecule has 0 radical (unpaired) electrons. The van der Waals surface area contributed by atoms with Gasteiger partial charge in [-0.25, -0.2) is 8.42 Å². The number of aliphatic hydroxyl groups excluding tert-OH is 1. The molecule has 2 aromatic rings. The number of nitrogens with one attached hydrogen (secondary N) is 1. The zero-order valence-corrected chi connectivity index (χ0v) is 24.5. The molecule has 2 heterocycles. The topological polar surface area (TPSA) is 116 Å². The van der Waals surface area contributed by atoms with Crippen LogP contribution in [0.15, 0.2) is 39.9 Å². The molecule has 4 rings (SSSR count). The number of amides is 2. The lowest BCUT2D eigenvalue weighted by Gasteiger charge is -2.33. The molecule has 1 aromatic heterocycles. The molecule has 0 spiro atoms. The first-order chi connectivity index (χ1) is 18.6. The van der Waals surface area contributed by atoms with E-state index in [2.05, 4.69) is 5.32 Å². The van der Waals surface area contributed by atoms with E-state index >= 15 is 0 Å². The summed E-state index contributed by atoms with van der Waals surface area (Å²) in [5.41, 5.74) is 1.21. The fourth-order valence-electron chi connectivity index (χ4n) is 5.25. The van der Waals surface area contributed by atoms with Gasteiger partial charge in [0.05, 0.1) is 25.6 Å². The van der Waals surface area contributed by atoms with Crippen LogP contribution in [0.5, 0.6) is 5.75 Å². The maximum absolute atomic E-state index is 13.4. The van der Waals surface area contributed by atoms with Gasteiger partial charge in [0, 0.05) is 36.7 Å². The fraction of sp³-hybridized carbons (Fsp3) is 0.571. The van der Waals surface area contributed by atoms with Gasteiger partial charge in [0.15, 0.2) is 0 Å². The lowest BCUT2D eigenvalue weighted by molar-refractivity contribution is -0.134. The molecule has 2 amide bonds. The van der Waals surface area contributed by atoms with Crippen molar-refractivity contribution in [1.82, 2.24) is 9.21 Å². The first kappa shape index (κ1) is 29.5. The quantitative estimate of drug-likeness (QED) is 0.494. The first-order valence-electron chi connectivity index (χ1n) is 13.6. The molecule has 1 aromatic carbocycles. The van der Waals surface area contributed by atoms with Crippen molar-refractivity contribution in [2.75, 3.05) is 32.1 Å². The van der Waals surface area contributed by atoms with Gasteiger partial charge in [0.2, 0.25) is 11.8 Å². The SMILES string of the molecule is C[C@H]1CN([C@@H](C)CO)C(=O)Cc2cc(NC(=O)C3CCCCC3)ccc2O[C@H]1CN(C)S(=O)(=O)c1cccs1. The number of nitrogens with zero attached hydrogens (tertiary/aromatic N) is 2. The molecule has 11 heteroatoms. The first-order valence-corrected chi connectivity index (χ1v) is 15.9. The molecule has 214 valence electrons. The minimum absolute atomic E-state index is 0.00574. The highest BCUT2D eigenvalue weighted by Gasteiger charge is 2.34. The minimum atomic E-state index is -3.70. The van der Waals surface area contributed by atoms with Gasteiger partial charge in [0.25, 0.3) is 10.0 Å². The Balaban J connectivity index is 1.62. The predicted molar refractivity (Wildman–Crippen MR) is 151 cm³/mol. The highest BCUT2D eigenvalue weighted by Crippen LogP contribution is 2.31. The molecule has 0 saturated heterocycles. The van der Waals surface area contributed by atoms with Gasteiger partial charge in [-0.15, -0.1) is 11.3 Å². The summed E-state index contributed by atoms with van der Waals surface area (Å²) in [6.07, 6.45) is 4.51. The Labute approximate surface area is 235 Å². The van der Waals surface area contributed by atoms with Gasteiger partial charge in [-0.2, -0.15) is 4.31 Å². The van der Waals surface area contributed by atoms with Crippen LogP contribution >= 0.6 is 11.3 Å². The summed E-state index contributed by atoms with van der Waals surface area (Å²) in [5, 5.41) is 14.6. The minimum Gasteiger partial charge on any atom is -0.488 e. The predicted octanol–water partition coefficient (Wildman–Crippen LogP) is 3.74. The fourth-order valence-corrected chi connectivity index (χ4v) is 7.63. The number of hydrogen-bond acceptors (Lipinski definition) is 7. The summed E-state index contributed by atoms with van der Waals surface area (Å²) in [5.74, 6) is 0.0715. The molecule has 9 nitrogen and oxygen atoms in total. The number of hydrogen-bond donors (Lipinski definition) is 2. The number of ether oxygens (including phenoxy) is 1. The summed E-state index contributed by atoms with van der Waals surface area (Å²) >= 11 is 1.16. The van der Waals surface area contributed by atoms with Gasteiger partial charge >= 0.3 is 0 Å². The summed E-state index contributed by atoms with van der Waals surface area (Å²) in [6.45, 7) is 3.90. The lowest BCUT2D eigenvalue weighted by atomic mass is 9.88. The molecule has 0 bridgehead atoms. The van der Waals surface area contributed by atoms with Crippen LogP contribution in [-0.4, -0.2) is 73.4 Å². The van der Waals surface area contributed by atoms with E-state index in [0.29, 0.717) is 23.5 Å². The Morgan fingerprint density at radius 2 is 2.00 bits per heavy atom. The molecule has 39 heavy (non-hydrogen) atoms. The third kappa shape index (κ3) is 7.00. The standard InChI is InChI=1S/C28H39N3O6S2/c1-19-16-31(20(2)18-32)26(33)15-22-14-23(29-28(34)21-8-5-4-6-9-21)11-12-24(22)37-25(19)17-30(3)39(35,36)27-10-7-13-38-27/h7,10-14,19-21,25,32H,4-6,8-9,15-18H2,1-3H3,(H,29,34)/t19-,20-,25-/m0/s1. The second kappa shape index (κ2) is 12.8. The van der Waals surface area contributed by atoms with Gasteiger partial charge in [0.1, 0.15) is 16.1 Å². The number of aliphatic hydroxyl groups is 1. The monoisotopic (exact) mass is 577 g/mol. The third-order valence-electron chi connectivity index (χ3n) is 7.76. The van der Waals surface area contributed by atoms with E-state index in [9.17, 15) is 23.1 Å². The highest BCUT2D eigenvalue weighted by atomic mass is 32.2. The number of fused-ring (bicyclic) bond motifs is 1. The molecule has 1 saturated carbocycles. The van der Waals surface area contributed by atoms with Crippen molar-refractivity contribution < 1.29 is 27.9 Å². The number of benzene rings is 1. The zero-order valence-electron chi connectivity index (χ0n) is 22.8. The second-order valence-electron chi connectivity index (χ2n) is 10.8. The molecular weight excluding hydrogens is 538 g/mol. The summed E-state index contributed by atoms with van der Waals surface area (Å²) < 4.78 is 34.3. The maximum atomic E-state index is 13.4. The van der Waals surface area contributed by atoms with Crippen molar-refractivity contribution >= 4 is 38.9 Å². The Morgan fingerprint density at radius 3 is 2.67 bits per heavy atom. The zero-order chi connectivity index (χ0) is 28.2. The average molecular weight is 578 g/mol. The Kier molecular flexibility index (Phi) is 9.69. The lowest BCUT2D eigenvalue weighted by Crippen LogP contribution is -2.48. The largest absolute Gasteiger partial charge is 0.488 e. The van der Waals surface area contributed by atoms with E-state index in [0.717, 1.165) is 43.4 Å². The van der Waals surface area contributed by atoms with Gasteiger partial charge < -0.3 is 20.1 Å². The Bertz CT molecular complexity index is 1240. The number of likely N-dealkylation sites (N-methyl/N-ethyl adjacent to an activating group) is 1. The summed E-state index contributed by atoms with van der Waals surface area (Å²) in [6, 6.07) is 8.15. The van der Waals surface area contributed by atoms with Gasteiger partial charge in [-0.1, -0.05) is 32.3 Å². The number of thiophene rings is 1. The average Bonchev–Trinajstić information content (AvgIpc) is 3.49. The van der Waals surface area contributed by atoms with Crippen LogP contribution in [0, 0.1) is 11.8 Å². The smallest absolute Gasteiger partial charge is 0.252 e. The molecule has 3 atom stereocenters. The van der Waals surface area contributed by atoms with E-state index in [4.69, 9.17) is 4.74 Å². The summed E-state index contributed by atoms with van der Waals surface area (Å²) in [4.78, 5) is 27.9. The van der Waals surface area contributed by atoms with Crippen LogP contribution in [0.2, 0.25) is 0 Å². The molecule has 2 N–H and O–H groups in total. The number of carbonyl (C=O) groups excluding carboxylic acids is 2. The van der Waals surface area contributed by atoms with Crippen molar-refractivity contribution in [1.29, 1.82) is 0 Å². The third-order valence-corrected chi connectivity index (χ3v) is 11.0. The Morgan fingerprint density at radius 1 is 1.26 bits per heavy atom. The van der Waals surface area contributed by atoms with Crippen molar-refractivity contribution in [2.24, 2.45) is 11.8 Å². The van der Waals surface area contributed by atoms with E-state index in [1.54, 1.807) is 47.5 Å². The van der Waals surface area contributed by atoms with Crippen LogP contribution in [0.1, 0.15) is 51.5 Å². The highest BCUT2D eigenvalue weighted by molar-refractivity contribution is 7.91. The van der Waals surface area contributed by atoms with Gasteiger partial charge in [-0.05, 0) is 49.4 Å². The second-order valence-corrected chi connectivity index (χ2v) is 14.0. The number of rotatable bonds is 8. The van der Waals surface area contributed by atoms with Crippen LogP contribution < -0.4 is 10.1 Å². The van der Waals surface area contributed by atoms with E-state index in [-0.39, 0.29) is 47.4 Å². The van der Waals surface area contributed by atoms with Crippen LogP contribution in [0.4, 0.5) is 5.69 Å². The summed E-state index contributed by atoms with van der Waals surface area (Å²) in [7, 11) is -2.17. The van der Waals surface area contributed by atoms with E-state index < -0.39 is 22.2 Å².